The maximum absolute atomic E-state index is 13.2. The molecule has 1 aromatic carbocycles. The van der Waals surface area contributed by atoms with Gasteiger partial charge in [-0.2, -0.15) is 0 Å². The summed E-state index contributed by atoms with van der Waals surface area (Å²) < 4.78 is 0. The fraction of sp³-hybridized carbons (Fsp3) is 0.649. The second-order valence-electron chi connectivity index (χ2n) is 13.6. The molecule has 1 aromatic heterocycles. The lowest BCUT2D eigenvalue weighted by Gasteiger charge is -2.33. The number of anilines is 2. The zero-order valence-electron chi connectivity index (χ0n) is 28.4. The zero-order valence-corrected chi connectivity index (χ0v) is 28.4. The molecule has 0 aliphatic carbocycles. The van der Waals surface area contributed by atoms with Gasteiger partial charge in [-0.1, -0.05) is 88.3 Å². The molecule has 9 nitrogen and oxygen atoms in total. The van der Waals surface area contributed by atoms with Gasteiger partial charge in [0.2, 0.25) is 11.8 Å². The number of nitrogens with one attached hydrogen (secondary N) is 1. The Morgan fingerprint density at radius 2 is 1.41 bits per heavy atom. The standard InChI is InChI=1S/C37H56N6O3/c1-4-5-6-7-8-9-10-11-12-13-14-15-35(44)41-31-23-32(37(38)46)43(25-31)34-24-33(39-26-40-34)42-18-16-29(17-19-42)36(45)30-21-27(2)20-28(3)22-30/h20-22,24,26,29,31-32H,4-19,23,25H2,1-3H3,(H2,38,46)(H,41,44). The molecule has 46 heavy (non-hydrogen) atoms. The van der Waals surface area contributed by atoms with Crippen molar-refractivity contribution in [2.75, 3.05) is 29.4 Å². The van der Waals surface area contributed by atoms with Crippen molar-refractivity contribution in [2.45, 2.75) is 129 Å². The molecule has 2 unspecified atom stereocenters. The van der Waals surface area contributed by atoms with Crippen molar-refractivity contribution in [2.24, 2.45) is 11.7 Å². The molecular formula is C37H56N6O3. The van der Waals surface area contributed by atoms with Gasteiger partial charge in [-0.15, -0.1) is 0 Å². The van der Waals surface area contributed by atoms with Gasteiger partial charge in [0.1, 0.15) is 24.0 Å². The third kappa shape index (κ3) is 10.5. The van der Waals surface area contributed by atoms with Gasteiger partial charge < -0.3 is 20.9 Å². The summed E-state index contributed by atoms with van der Waals surface area (Å²) in [6.07, 6.45) is 17.7. The molecule has 3 N–H and O–H groups in total. The smallest absolute Gasteiger partial charge is 0.240 e. The lowest BCUT2D eigenvalue weighted by Crippen LogP contribution is -2.41. The number of piperidine rings is 1. The first-order valence-corrected chi connectivity index (χ1v) is 17.8. The van der Waals surface area contributed by atoms with Crippen LogP contribution >= 0.6 is 0 Å². The summed E-state index contributed by atoms with van der Waals surface area (Å²) in [6, 6.07) is 7.25. The minimum atomic E-state index is -0.545. The van der Waals surface area contributed by atoms with E-state index < -0.39 is 11.9 Å². The molecule has 2 saturated heterocycles. The van der Waals surface area contributed by atoms with Crippen molar-refractivity contribution in [3.63, 3.8) is 0 Å². The summed E-state index contributed by atoms with van der Waals surface area (Å²) in [7, 11) is 0. The van der Waals surface area contributed by atoms with E-state index in [1.165, 1.54) is 64.1 Å². The predicted molar refractivity (Wildman–Crippen MR) is 185 cm³/mol. The molecule has 0 saturated carbocycles. The van der Waals surface area contributed by atoms with Gasteiger partial charge in [0.15, 0.2) is 5.78 Å². The van der Waals surface area contributed by atoms with E-state index in [0.29, 0.717) is 38.3 Å². The summed E-state index contributed by atoms with van der Waals surface area (Å²) in [4.78, 5) is 51.5. The lowest BCUT2D eigenvalue weighted by molar-refractivity contribution is -0.122. The van der Waals surface area contributed by atoms with Gasteiger partial charge in [0.25, 0.3) is 0 Å². The SMILES string of the molecule is CCCCCCCCCCCCCC(=O)NC1CC(C(N)=O)N(c2cc(N3CCC(C(=O)c4cc(C)cc(C)c4)CC3)ncn2)C1. The van der Waals surface area contributed by atoms with Crippen LogP contribution in [0.5, 0.6) is 0 Å². The van der Waals surface area contributed by atoms with Crippen LogP contribution < -0.4 is 20.9 Å². The van der Waals surface area contributed by atoms with Crippen LogP contribution in [0.25, 0.3) is 0 Å². The third-order valence-electron chi connectivity index (χ3n) is 9.63. The van der Waals surface area contributed by atoms with Crippen molar-refractivity contribution in [1.82, 2.24) is 15.3 Å². The number of carbonyl (C=O) groups excluding carboxylic acids is 3. The van der Waals surface area contributed by atoms with Crippen molar-refractivity contribution in [3.8, 4) is 0 Å². The van der Waals surface area contributed by atoms with Crippen LogP contribution in [-0.4, -0.2) is 59.3 Å². The Morgan fingerprint density at radius 1 is 0.826 bits per heavy atom. The maximum Gasteiger partial charge on any atom is 0.240 e. The molecule has 9 heteroatoms. The highest BCUT2D eigenvalue weighted by Gasteiger charge is 2.37. The first-order valence-electron chi connectivity index (χ1n) is 17.8. The molecule has 2 atom stereocenters. The van der Waals surface area contributed by atoms with E-state index in [0.717, 1.165) is 48.2 Å². The Bertz CT molecular complexity index is 1270. The number of rotatable bonds is 18. The Hall–Kier alpha value is -3.49. The summed E-state index contributed by atoms with van der Waals surface area (Å²) >= 11 is 0. The van der Waals surface area contributed by atoms with E-state index in [-0.39, 0.29) is 23.7 Å². The number of unbranched alkanes of at least 4 members (excludes halogenated alkanes) is 10. The van der Waals surface area contributed by atoms with E-state index in [1.807, 2.05) is 36.9 Å². The van der Waals surface area contributed by atoms with E-state index in [4.69, 9.17) is 5.73 Å². The Balaban J connectivity index is 1.22. The van der Waals surface area contributed by atoms with Crippen molar-refractivity contribution < 1.29 is 14.4 Å². The normalized spacial score (nSPS) is 18.6. The van der Waals surface area contributed by atoms with Crippen LogP contribution in [0.2, 0.25) is 0 Å². The Labute approximate surface area is 276 Å². The van der Waals surface area contributed by atoms with E-state index in [9.17, 15) is 14.4 Å². The molecule has 2 aliphatic heterocycles. The molecule has 0 bridgehead atoms. The van der Waals surface area contributed by atoms with Crippen molar-refractivity contribution >= 4 is 29.2 Å². The van der Waals surface area contributed by atoms with Gasteiger partial charge >= 0.3 is 0 Å². The number of benzene rings is 1. The minimum absolute atomic E-state index is 0.00828. The molecule has 3 heterocycles. The van der Waals surface area contributed by atoms with Crippen LogP contribution in [0.15, 0.2) is 30.6 Å². The number of primary amides is 1. The summed E-state index contributed by atoms with van der Waals surface area (Å²) in [5.74, 6) is 1.22. The highest BCUT2D eigenvalue weighted by Crippen LogP contribution is 2.29. The summed E-state index contributed by atoms with van der Waals surface area (Å²) in [5, 5.41) is 3.14. The lowest BCUT2D eigenvalue weighted by atomic mass is 9.88. The van der Waals surface area contributed by atoms with Gasteiger partial charge in [-0.25, -0.2) is 9.97 Å². The highest BCUT2D eigenvalue weighted by molar-refractivity contribution is 5.98. The number of aromatic nitrogens is 2. The molecule has 2 aromatic rings. The Kier molecular flexibility index (Phi) is 13.8. The van der Waals surface area contributed by atoms with Gasteiger partial charge in [-0.05, 0) is 51.7 Å². The number of carbonyl (C=O) groups is 3. The van der Waals surface area contributed by atoms with E-state index in [1.54, 1.807) is 0 Å². The highest BCUT2D eigenvalue weighted by atomic mass is 16.2. The molecule has 2 amide bonds. The van der Waals surface area contributed by atoms with Crippen LogP contribution in [0.1, 0.15) is 125 Å². The largest absolute Gasteiger partial charge is 0.368 e. The summed E-state index contributed by atoms with van der Waals surface area (Å²) in [6.45, 7) is 8.21. The topological polar surface area (TPSA) is 122 Å². The quantitative estimate of drug-likeness (QED) is 0.143. The van der Waals surface area contributed by atoms with Crippen molar-refractivity contribution in [1.29, 1.82) is 0 Å². The Morgan fingerprint density at radius 3 is 2.02 bits per heavy atom. The number of ketones is 1. The van der Waals surface area contributed by atoms with Crippen LogP contribution in [0.4, 0.5) is 11.6 Å². The number of Topliss-reactive ketones (excluding diaryl/α,β-unsaturated/α-hetero) is 1. The van der Waals surface area contributed by atoms with Crippen LogP contribution in [0.3, 0.4) is 0 Å². The first-order chi connectivity index (χ1) is 22.2. The van der Waals surface area contributed by atoms with Gasteiger partial charge in [-0.3, -0.25) is 14.4 Å². The fourth-order valence-electron chi connectivity index (χ4n) is 7.10. The molecule has 252 valence electrons. The first kappa shape index (κ1) is 35.4. The molecule has 2 aliphatic rings. The number of amides is 2. The third-order valence-corrected chi connectivity index (χ3v) is 9.63. The maximum atomic E-state index is 13.2. The van der Waals surface area contributed by atoms with Gasteiger partial charge in [0.05, 0.1) is 0 Å². The zero-order chi connectivity index (χ0) is 32.9. The van der Waals surface area contributed by atoms with Crippen molar-refractivity contribution in [3.05, 3.63) is 47.3 Å². The molecule has 4 rings (SSSR count). The summed E-state index contributed by atoms with van der Waals surface area (Å²) in [5.41, 5.74) is 8.82. The molecule has 0 radical (unpaired) electrons. The number of aryl methyl sites for hydroxylation is 2. The second-order valence-corrected chi connectivity index (χ2v) is 13.6. The molecular weight excluding hydrogens is 576 g/mol. The second kappa shape index (κ2) is 18.0. The van der Waals surface area contributed by atoms with Crippen LogP contribution in [0, 0.1) is 19.8 Å². The number of hydrogen-bond donors (Lipinski definition) is 2. The predicted octanol–water partition coefficient (Wildman–Crippen LogP) is 6.44. The van der Waals surface area contributed by atoms with Gasteiger partial charge in [0, 0.05) is 49.6 Å². The number of hydrogen-bond acceptors (Lipinski definition) is 7. The molecule has 0 spiro atoms. The monoisotopic (exact) mass is 632 g/mol. The molecule has 2 fully saturated rings. The minimum Gasteiger partial charge on any atom is -0.368 e. The van der Waals surface area contributed by atoms with E-state index >= 15 is 0 Å². The average Bonchev–Trinajstić information content (AvgIpc) is 3.47. The average molecular weight is 633 g/mol. The number of nitrogens with zero attached hydrogens (tertiary/aromatic N) is 4. The van der Waals surface area contributed by atoms with E-state index in [2.05, 4.69) is 33.2 Å². The van der Waals surface area contributed by atoms with Crippen LogP contribution in [-0.2, 0) is 9.59 Å². The fourth-order valence-corrected chi connectivity index (χ4v) is 7.10. The number of nitrogens with two attached hydrogens (primary N) is 1.